The first kappa shape index (κ1) is 15.0. The van der Waals surface area contributed by atoms with E-state index in [1.54, 1.807) is 6.20 Å². The van der Waals surface area contributed by atoms with Crippen LogP contribution in [0, 0.1) is 5.92 Å². The van der Waals surface area contributed by atoms with Crippen molar-refractivity contribution in [2.24, 2.45) is 5.92 Å². The highest BCUT2D eigenvalue weighted by atomic mass is 16.1. The van der Waals surface area contributed by atoms with Gasteiger partial charge in [-0.15, -0.1) is 0 Å². The average Bonchev–Trinajstić information content (AvgIpc) is 2.52. The molecule has 110 valence electrons. The van der Waals surface area contributed by atoms with Crippen molar-refractivity contribution >= 4 is 11.6 Å². The van der Waals surface area contributed by atoms with Crippen molar-refractivity contribution in [1.82, 2.24) is 15.3 Å². The molecule has 1 heterocycles. The van der Waals surface area contributed by atoms with Crippen LogP contribution in [0.25, 0.3) is 0 Å². The van der Waals surface area contributed by atoms with E-state index in [1.807, 2.05) is 30.3 Å². The van der Waals surface area contributed by atoms with Crippen molar-refractivity contribution in [3.63, 3.8) is 0 Å². The Morgan fingerprint density at radius 2 is 1.95 bits per heavy atom. The van der Waals surface area contributed by atoms with Gasteiger partial charge in [0.2, 0.25) is 0 Å². The van der Waals surface area contributed by atoms with Gasteiger partial charge in [-0.1, -0.05) is 32.0 Å². The number of aromatic nitrogens is 2. The Balaban J connectivity index is 1.93. The predicted molar refractivity (Wildman–Crippen MR) is 83.1 cm³/mol. The predicted octanol–water partition coefficient (Wildman–Crippen LogP) is 2.34. The van der Waals surface area contributed by atoms with Gasteiger partial charge in [0.25, 0.3) is 5.91 Å². The highest BCUT2D eigenvalue weighted by molar-refractivity contribution is 5.91. The molecule has 1 amide bonds. The fourth-order valence-electron chi connectivity index (χ4n) is 1.91. The molecule has 0 aliphatic heterocycles. The Hall–Kier alpha value is -2.43. The lowest BCUT2D eigenvalue weighted by Crippen LogP contribution is -2.39. The second-order valence-corrected chi connectivity index (χ2v) is 5.16. The van der Waals surface area contributed by atoms with Gasteiger partial charge in [-0.25, -0.2) is 4.98 Å². The fraction of sp³-hybridized carbons (Fsp3) is 0.312. The largest absolute Gasteiger partial charge is 0.380 e. The zero-order valence-corrected chi connectivity index (χ0v) is 12.3. The van der Waals surface area contributed by atoms with Crippen LogP contribution in [0.5, 0.6) is 0 Å². The molecule has 0 fully saturated rings. The summed E-state index contributed by atoms with van der Waals surface area (Å²) in [6.45, 7) is 4.77. The molecule has 0 unspecified atom stereocenters. The molecule has 2 aromatic rings. The number of carbonyl (C=O) groups is 1. The first-order chi connectivity index (χ1) is 10.2. The van der Waals surface area contributed by atoms with Crippen LogP contribution in [0.15, 0.2) is 48.9 Å². The molecule has 0 spiro atoms. The fourth-order valence-corrected chi connectivity index (χ4v) is 1.91. The summed E-state index contributed by atoms with van der Waals surface area (Å²) in [5, 5.41) is 6.33. The minimum Gasteiger partial charge on any atom is -0.380 e. The van der Waals surface area contributed by atoms with E-state index in [0.717, 1.165) is 5.69 Å². The Kier molecular flexibility index (Phi) is 5.26. The van der Waals surface area contributed by atoms with E-state index in [2.05, 4.69) is 34.4 Å². The van der Waals surface area contributed by atoms with Crippen molar-refractivity contribution in [3.05, 3.63) is 54.6 Å². The van der Waals surface area contributed by atoms with Crippen LogP contribution < -0.4 is 10.6 Å². The molecule has 0 bridgehead atoms. The minimum atomic E-state index is -0.205. The molecular weight excluding hydrogens is 264 g/mol. The Morgan fingerprint density at radius 3 is 2.57 bits per heavy atom. The third-order valence-corrected chi connectivity index (χ3v) is 3.21. The van der Waals surface area contributed by atoms with Crippen LogP contribution in [0.3, 0.4) is 0 Å². The molecule has 21 heavy (non-hydrogen) atoms. The van der Waals surface area contributed by atoms with Crippen molar-refractivity contribution in [2.75, 3.05) is 11.9 Å². The highest BCUT2D eigenvalue weighted by Crippen LogP contribution is 2.11. The van der Waals surface area contributed by atoms with Crippen LogP contribution in [0.4, 0.5) is 5.69 Å². The quantitative estimate of drug-likeness (QED) is 0.854. The minimum absolute atomic E-state index is 0.146. The molecule has 2 rings (SSSR count). The van der Waals surface area contributed by atoms with E-state index in [0.29, 0.717) is 18.2 Å². The van der Waals surface area contributed by atoms with Crippen molar-refractivity contribution in [1.29, 1.82) is 0 Å². The molecular formula is C16H20N4O. The molecule has 0 radical (unpaired) electrons. The van der Waals surface area contributed by atoms with E-state index in [4.69, 9.17) is 0 Å². The Bertz CT molecular complexity index is 557. The first-order valence-electron chi connectivity index (χ1n) is 7.02. The smallest absolute Gasteiger partial charge is 0.271 e. The van der Waals surface area contributed by atoms with Gasteiger partial charge in [-0.2, -0.15) is 0 Å². The van der Waals surface area contributed by atoms with Gasteiger partial charge in [-0.3, -0.25) is 9.78 Å². The molecule has 0 saturated carbocycles. The molecule has 2 N–H and O–H groups in total. The summed E-state index contributed by atoms with van der Waals surface area (Å²) < 4.78 is 0. The lowest BCUT2D eigenvalue weighted by atomic mass is 10.0. The van der Waals surface area contributed by atoms with Crippen LogP contribution in [-0.4, -0.2) is 28.5 Å². The summed E-state index contributed by atoms with van der Waals surface area (Å²) in [5.74, 6) is 0.177. The van der Waals surface area contributed by atoms with Crippen LogP contribution >= 0.6 is 0 Å². The Labute approximate surface area is 124 Å². The van der Waals surface area contributed by atoms with Gasteiger partial charge in [0.1, 0.15) is 5.69 Å². The third-order valence-electron chi connectivity index (χ3n) is 3.21. The van der Waals surface area contributed by atoms with E-state index < -0.39 is 0 Å². The number of hydrogen-bond acceptors (Lipinski definition) is 4. The van der Waals surface area contributed by atoms with E-state index in [1.165, 1.54) is 12.4 Å². The number of hydrogen-bond donors (Lipinski definition) is 2. The van der Waals surface area contributed by atoms with Gasteiger partial charge in [-0.05, 0) is 18.1 Å². The zero-order valence-electron chi connectivity index (χ0n) is 12.3. The van der Waals surface area contributed by atoms with E-state index in [-0.39, 0.29) is 11.9 Å². The monoisotopic (exact) mass is 284 g/mol. The molecule has 0 aliphatic rings. The number of nitrogens with one attached hydrogen (secondary N) is 2. The standard InChI is InChI=1S/C16H20N4O/c1-12(2)14(20-13-6-4-3-5-7-13)11-19-16(21)15-10-17-8-9-18-15/h3-10,12,14,20H,11H2,1-2H3,(H,19,21)/t14-/m0/s1. The van der Waals surface area contributed by atoms with Gasteiger partial charge in [0, 0.05) is 30.7 Å². The number of benzene rings is 1. The average molecular weight is 284 g/mol. The van der Waals surface area contributed by atoms with Crippen molar-refractivity contribution in [2.45, 2.75) is 19.9 Å². The Morgan fingerprint density at radius 1 is 1.19 bits per heavy atom. The van der Waals surface area contributed by atoms with Crippen LogP contribution in [-0.2, 0) is 0 Å². The summed E-state index contributed by atoms with van der Waals surface area (Å²) in [6, 6.07) is 10.1. The zero-order chi connectivity index (χ0) is 15.1. The van der Waals surface area contributed by atoms with Crippen molar-refractivity contribution in [3.8, 4) is 0 Å². The summed E-state index contributed by atoms with van der Waals surface area (Å²) >= 11 is 0. The van der Waals surface area contributed by atoms with Gasteiger partial charge >= 0.3 is 0 Å². The molecule has 5 heteroatoms. The first-order valence-corrected chi connectivity index (χ1v) is 7.02. The van der Waals surface area contributed by atoms with Crippen LogP contribution in [0.1, 0.15) is 24.3 Å². The topological polar surface area (TPSA) is 66.9 Å². The van der Waals surface area contributed by atoms with Crippen LogP contribution in [0.2, 0.25) is 0 Å². The van der Waals surface area contributed by atoms with E-state index in [9.17, 15) is 4.79 Å². The summed E-state index contributed by atoms with van der Waals surface area (Å²) in [7, 11) is 0. The summed E-state index contributed by atoms with van der Waals surface area (Å²) in [4.78, 5) is 19.9. The summed E-state index contributed by atoms with van der Waals surface area (Å²) in [6.07, 6.45) is 4.52. The lowest BCUT2D eigenvalue weighted by molar-refractivity contribution is 0.0945. The number of rotatable bonds is 6. The number of nitrogens with zero attached hydrogens (tertiary/aromatic N) is 2. The number of amides is 1. The molecule has 0 aliphatic carbocycles. The number of carbonyl (C=O) groups excluding carboxylic acids is 1. The normalized spacial score (nSPS) is 12.0. The van der Waals surface area contributed by atoms with Gasteiger partial charge in [0.05, 0.1) is 6.20 Å². The van der Waals surface area contributed by atoms with Gasteiger partial charge < -0.3 is 10.6 Å². The molecule has 5 nitrogen and oxygen atoms in total. The van der Waals surface area contributed by atoms with Crippen molar-refractivity contribution < 1.29 is 4.79 Å². The molecule has 1 atom stereocenters. The summed E-state index contributed by atoms with van der Waals surface area (Å²) in [5.41, 5.74) is 1.38. The lowest BCUT2D eigenvalue weighted by Gasteiger charge is -2.23. The second-order valence-electron chi connectivity index (χ2n) is 5.16. The molecule has 1 aromatic heterocycles. The SMILES string of the molecule is CC(C)[C@H](CNC(=O)c1cnccn1)Nc1ccccc1. The maximum atomic E-state index is 12.0. The molecule has 1 aromatic carbocycles. The number of para-hydroxylation sites is 1. The molecule has 0 saturated heterocycles. The maximum absolute atomic E-state index is 12.0. The third kappa shape index (κ3) is 4.56. The van der Waals surface area contributed by atoms with Gasteiger partial charge in [0.15, 0.2) is 0 Å². The highest BCUT2D eigenvalue weighted by Gasteiger charge is 2.15. The number of anilines is 1. The maximum Gasteiger partial charge on any atom is 0.271 e. The second kappa shape index (κ2) is 7.38. The van der Waals surface area contributed by atoms with E-state index >= 15 is 0 Å².